The number of methoxy groups -OCH3 is 1. The lowest BCUT2D eigenvalue weighted by molar-refractivity contribution is -0.139. The van der Waals surface area contributed by atoms with Gasteiger partial charge in [0, 0.05) is 48.9 Å². The summed E-state index contributed by atoms with van der Waals surface area (Å²) in [4.78, 5) is 24.0. The van der Waals surface area contributed by atoms with Gasteiger partial charge < -0.3 is 19.7 Å². The largest absolute Gasteiger partial charge is 0.497 e. The van der Waals surface area contributed by atoms with Crippen LogP contribution < -0.4 is 14.8 Å². The molecule has 2 aliphatic heterocycles. The molecule has 0 bridgehead atoms. The zero-order valence-corrected chi connectivity index (χ0v) is 21.2. The van der Waals surface area contributed by atoms with Crippen LogP contribution in [0.15, 0.2) is 89.8 Å². The SMILES string of the molecule is COc1cccc(C2=C(C3CCN(C(=O)C(C)Oc4ccccc4)CC3)NC(c3ccncc3)N=C2)c1. The molecule has 5 rings (SSSR count). The van der Waals surface area contributed by atoms with Gasteiger partial charge in [0.25, 0.3) is 5.91 Å². The quantitative estimate of drug-likeness (QED) is 0.505. The number of pyridine rings is 1. The Morgan fingerprint density at radius 3 is 2.46 bits per heavy atom. The standard InChI is InChI=1S/C30H32N4O3/c1-21(37-25-8-4-3-5-9-25)30(35)34-17-13-22(14-18-34)28-27(24-7-6-10-26(19-24)36-2)20-32-29(33-28)23-11-15-31-16-12-23/h3-12,15-16,19-22,29,33H,13-14,17-18H2,1-2H3. The van der Waals surface area contributed by atoms with E-state index in [4.69, 9.17) is 14.5 Å². The van der Waals surface area contributed by atoms with Gasteiger partial charge in [0.05, 0.1) is 7.11 Å². The van der Waals surface area contributed by atoms with Crippen LogP contribution >= 0.6 is 0 Å². The zero-order chi connectivity index (χ0) is 25.6. The number of nitrogens with zero attached hydrogens (tertiary/aromatic N) is 3. The molecule has 1 amide bonds. The second-order valence-electron chi connectivity index (χ2n) is 9.34. The Morgan fingerprint density at radius 2 is 1.73 bits per heavy atom. The fraction of sp³-hybridized carbons (Fsp3) is 0.300. The second kappa shape index (κ2) is 11.3. The molecule has 190 valence electrons. The molecular weight excluding hydrogens is 464 g/mol. The van der Waals surface area contributed by atoms with Crippen molar-refractivity contribution in [2.45, 2.75) is 32.0 Å². The summed E-state index contributed by atoms with van der Waals surface area (Å²) in [6, 6.07) is 21.5. The molecule has 37 heavy (non-hydrogen) atoms. The lowest BCUT2D eigenvalue weighted by atomic mass is 9.87. The molecule has 3 aromatic rings. The maximum absolute atomic E-state index is 13.1. The fourth-order valence-electron chi connectivity index (χ4n) is 4.95. The highest BCUT2D eigenvalue weighted by Crippen LogP contribution is 2.34. The molecule has 0 aliphatic carbocycles. The van der Waals surface area contributed by atoms with Crippen LogP contribution in [0, 0.1) is 5.92 Å². The third-order valence-corrected chi connectivity index (χ3v) is 6.96. The molecule has 0 radical (unpaired) electrons. The van der Waals surface area contributed by atoms with Crippen molar-refractivity contribution in [1.82, 2.24) is 15.2 Å². The number of aromatic nitrogens is 1. The van der Waals surface area contributed by atoms with Crippen LogP contribution in [-0.4, -0.2) is 48.3 Å². The number of likely N-dealkylation sites (tertiary alicyclic amines) is 1. The fourth-order valence-corrected chi connectivity index (χ4v) is 4.95. The average Bonchev–Trinajstić information content (AvgIpc) is 2.97. The minimum Gasteiger partial charge on any atom is -0.497 e. The van der Waals surface area contributed by atoms with E-state index in [1.807, 2.05) is 78.7 Å². The van der Waals surface area contributed by atoms with Crippen LogP contribution in [-0.2, 0) is 4.79 Å². The zero-order valence-electron chi connectivity index (χ0n) is 21.2. The molecule has 1 fully saturated rings. The van der Waals surface area contributed by atoms with E-state index < -0.39 is 6.10 Å². The highest BCUT2D eigenvalue weighted by atomic mass is 16.5. The highest BCUT2D eigenvalue weighted by Gasteiger charge is 2.32. The lowest BCUT2D eigenvalue weighted by Gasteiger charge is -2.37. The van der Waals surface area contributed by atoms with Crippen LogP contribution in [0.5, 0.6) is 11.5 Å². The molecule has 7 heteroatoms. The summed E-state index contributed by atoms with van der Waals surface area (Å²) in [5, 5.41) is 3.71. The van der Waals surface area contributed by atoms with Gasteiger partial charge in [0.1, 0.15) is 17.7 Å². The van der Waals surface area contributed by atoms with E-state index in [2.05, 4.69) is 16.4 Å². The summed E-state index contributed by atoms with van der Waals surface area (Å²) < 4.78 is 11.4. The number of aliphatic imine (C=N–C) groups is 1. The van der Waals surface area contributed by atoms with E-state index in [1.165, 1.54) is 0 Å². The maximum Gasteiger partial charge on any atom is 0.263 e. The summed E-state index contributed by atoms with van der Waals surface area (Å²) in [5.74, 6) is 1.81. The van der Waals surface area contributed by atoms with Crippen molar-refractivity contribution in [3.05, 3.63) is 95.9 Å². The number of allylic oxidation sites excluding steroid dienone is 2. The van der Waals surface area contributed by atoms with E-state index in [0.717, 1.165) is 41.0 Å². The van der Waals surface area contributed by atoms with E-state index in [9.17, 15) is 4.79 Å². The van der Waals surface area contributed by atoms with Crippen molar-refractivity contribution in [3.8, 4) is 11.5 Å². The number of carbonyl (C=O) groups excluding carboxylic acids is 1. The Bertz CT molecular complexity index is 1270. The molecule has 0 spiro atoms. The first kappa shape index (κ1) is 24.6. The summed E-state index contributed by atoms with van der Waals surface area (Å²) in [7, 11) is 1.68. The van der Waals surface area contributed by atoms with Crippen molar-refractivity contribution in [2.24, 2.45) is 10.9 Å². The van der Waals surface area contributed by atoms with Crippen molar-refractivity contribution in [3.63, 3.8) is 0 Å². The Kier molecular flexibility index (Phi) is 7.49. The van der Waals surface area contributed by atoms with Crippen LogP contribution in [0.3, 0.4) is 0 Å². The van der Waals surface area contributed by atoms with E-state index in [0.29, 0.717) is 18.8 Å². The number of amides is 1. The number of benzene rings is 2. The Balaban J connectivity index is 1.33. The van der Waals surface area contributed by atoms with E-state index >= 15 is 0 Å². The highest BCUT2D eigenvalue weighted by molar-refractivity contribution is 6.11. The third-order valence-electron chi connectivity index (χ3n) is 6.96. The molecule has 1 saturated heterocycles. The first-order valence-electron chi connectivity index (χ1n) is 12.7. The van der Waals surface area contributed by atoms with Gasteiger partial charge in [0.15, 0.2) is 6.10 Å². The molecule has 1 aromatic heterocycles. The maximum atomic E-state index is 13.1. The van der Waals surface area contributed by atoms with Crippen LogP contribution in [0.25, 0.3) is 5.57 Å². The van der Waals surface area contributed by atoms with Gasteiger partial charge in [-0.3, -0.25) is 14.8 Å². The van der Waals surface area contributed by atoms with Gasteiger partial charge in [-0.05, 0) is 67.3 Å². The van der Waals surface area contributed by atoms with Gasteiger partial charge in [-0.15, -0.1) is 0 Å². The summed E-state index contributed by atoms with van der Waals surface area (Å²) in [6.45, 7) is 3.18. The van der Waals surface area contributed by atoms with Gasteiger partial charge in [-0.25, -0.2) is 0 Å². The molecule has 2 atom stereocenters. The Labute approximate surface area is 217 Å². The number of carbonyl (C=O) groups is 1. The minimum atomic E-state index is -0.526. The molecule has 3 heterocycles. The topological polar surface area (TPSA) is 76.0 Å². The number of hydrogen-bond donors (Lipinski definition) is 1. The number of rotatable bonds is 7. The molecular formula is C30H32N4O3. The Hall–Kier alpha value is -4.13. The monoisotopic (exact) mass is 496 g/mol. The minimum absolute atomic E-state index is 0.0251. The number of hydrogen-bond acceptors (Lipinski definition) is 6. The number of para-hydroxylation sites is 1. The van der Waals surface area contributed by atoms with Gasteiger partial charge >= 0.3 is 0 Å². The number of piperidine rings is 1. The van der Waals surface area contributed by atoms with Gasteiger partial charge in [-0.1, -0.05) is 30.3 Å². The summed E-state index contributed by atoms with van der Waals surface area (Å²) in [6.07, 6.45) is 6.56. The molecule has 7 nitrogen and oxygen atoms in total. The smallest absolute Gasteiger partial charge is 0.263 e. The predicted octanol–water partition coefficient (Wildman–Crippen LogP) is 4.88. The van der Waals surface area contributed by atoms with Gasteiger partial charge in [-0.2, -0.15) is 0 Å². The van der Waals surface area contributed by atoms with Crippen LogP contribution in [0.2, 0.25) is 0 Å². The molecule has 2 aromatic carbocycles. The molecule has 2 unspecified atom stereocenters. The van der Waals surface area contributed by atoms with Crippen LogP contribution in [0.1, 0.15) is 37.1 Å². The summed E-state index contributed by atoms with van der Waals surface area (Å²) >= 11 is 0. The van der Waals surface area contributed by atoms with E-state index in [1.54, 1.807) is 19.5 Å². The average molecular weight is 497 g/mol. The summed E-state index contributed by atoms with van der Waals surface area (Å²) in [5.41, 5.74) is 4.34. The number of nitrogens with one attached hydrogen (secondary N) is 1. The normalized spacial score (nSPS) is 18.8. The van der Waals surface area contributed by atoms with Crippen molar-refractivity contribution in [1.29, 1.82) is 0 Å². The van der Waals surface area contributed by atoms with Crippen LogP contribution in [0.4, 0.5) is 0 Å². The predicted molar refractivity (Wildman–Crippen MR) is 144 cm³/mol. The second-order valence-corrected chi connectivity index (χ2v) is 9.34. The number of ether oxygens (including phenoxy) is 2. The lowest BCUT2D eigenvalue weighted by Crippen LogP contribution is -2.46. The first-order chi connectivity index (χ1) is 18.1. The van der Waals surface area contributed by atoms with Crippen molar-refractivity contribution < 1.29 is 14.3 Å². The van der Waals surface area contributed by atoms with Crippen molar-refractivity contribution in [2.75, 3.05) is 20.2 Å². The third kappa shape index (κ3) is 5.66. The van der Waals surface area contributed by atoms with Crippen molar-refractivity contribution >= 4 is 17.7 Å². The molecule has 2 aliphatic rings. The first-order valence-corrected chi connectivity index (χ1v) is 12.7. The molecule has 0 saturated carbocycles. The molecule has 1 N–H and O–H groups in total. The Morgan fingerprint density at radius 1 is 1.00 bits per heavy atom. The van der Waals surface area contributed by atoms with Gasteiger partial charge in [0.2, 0.25) is 0 Å². The van der Waals surface area contributed by atoms with E-state index in [-0.39, 0.29) is 18.0 Å².